The molecule has 0 aromatic heterocycles. The largest absolute Gasteiger partial charge is 0.549 e. The fourth-order valence-electron chi connectivity index (χ4n) is 0.214. The molecule has 0 N–H and O–H groups in total. The molecule has 1 atom stereocenters. The van der Waals surface area contributed by atoms with Crippen molar-refractivity contribution >= 4 is 37.8 Å². The Morgan fingerprint density at radius 1 is 1.75 bits per heavy atom. The summed E-state index contributed by atoms with van der Waals surface area (Å²) in [6.07, 6.45) is 0.558. The van der Waals surface area contributed by atoms with Gasteiger partial charge in [0.2, 0.25) is 0 Å². The summed E-state index contributed by atoms with van der Waals surface area (Å²) in [6, 6.07) is 0. The minimum Gasteiger partial charge on any atom is -0.549 e. The molecule has 8 heavy (non-hydrogen) atoms. The van der Waals surface area contributed by atoms with Gasteiger partial charge in [0.15, 0.2) is 0 Å². The highest BCUT2D eigenvalue weighted by Gasteiger charge is 2.00. The lowest BCUT2D eigenvalue weighted by molar-refractivity contribution is -0.304. The summed E-state index contributed by atoms with van der Waals surface area (Å²) in [5, 5.41) is 10.6. The van der Waals surface area contributed by atoms with E-state index >= 15 is 0 Å². The van der Waals surface area contributed by atoms with Gasteiger partial charge in [-0.05, 0) is 6.42 Å². The molecule has 0 bridgehead atoms. The van der Waals surface area contributed by atoms with Gasteiger partial charge in [-0.1, -0.05) is 31.9 Å². The fraction of sp³-hybridized carbons (Fsp3) is 0.750. The van der Waals surface area contributed by atoms with Gasteiger partial charge in [-0.15, -0.1) is 0 Å². The summed E-state index contributed by atoms with van der Waals surface area (Å²) < 4.78 is 0. The summed E-state index contributed by atoms with van der Waals surface area (Å²) >= 11 is 6.01. The van der Waals surface area contributed by atoms with Crippen LogP contribution in [-0.2, 0) is 4.79 Å². The van der Waals surface area contributed by atoms with Crippen LogP contribution in [-0.4, -0.2) is 16.1 Å². The van der Waals surface area contributed by atoms with E-state index in [0.717, 1.165) is 0 Å². The van der Waals surface area contributed by atoms with Gasteiger partial charge in [0.25, 0.3) is 0 Å². The Morgan fingerprint density at radius 3 is 2.38 bits per heavy atom. The van der Waals surface area contributed by atoms with Crippen molar-refractivity contribution in [3.05, 3.63) is 0 Å². The van der Waals surface area contributed by atoms with Crippen molar-refractivity contribution < 1.29 is 9.90 Å². The van der Waals surface area contributed by atoms with Crippen LogP contribution in [0.3, 0.4) is 0 Å². The number of hydrogen-bond acceptors (Lipinski definition) is 2. The van der Waals surface area contributed by atoms with E-state index in [1.807, 2.05) is 0 Å². The Bertz CT molecular complexity index is 84.1. The molecule has 48 valence electrons. The minimum atomic E-state index is -1.05. The molecule has 0 saturated carbocycles. The number of carboxylic acids is 1. The van der Waals surface area contributed by atoms with E-state index in [1.54, 1.807) is 0 Å². The lowest BCUT2D eigenvalue weighted by Crippen LogP contribution is -2.31. The number of carboxylic acid groups (broad SMARTS) is 1. The van der Waals surface area contributed by atoms with E-state index in [9.17, 15) is 9.90 Å². The first-order valence-electron chi connectivity index (χ1n) is 2.09. The van der Waals surface area contributed by atoms with Crippen LogP contribution in [0.2, 0.25) is 0 Å². The van der Waals surface area contributed by atoms with Crippen LogP contribution in [0.25, 0.3) is 0 Å². The zero-order valence-electron chi connectivity index (χ0n) is 4.06. The number of rotatable bonds is 3. The highest BCUT2D eigenvalue weighted by Crippen LogP contribution is 2.04. The van der Waals surface area contributed by atoms with Crippen molar-refractivity contribution in [2.45, 2.75) is 11.2 Å². The second-order valence-corrected chi connectivity index (χ2v) is 3.16. The highest BCUT2D eigenvalue weighted by atomic mass is 79.9. The zero-order chi connectivity index (χ0) is 6.57. The Labute approximate surface area is 64.5 Å². The van der Waals surface area contributed by atoms with Crippen molar-refractivity contribution in [2.75, 3.05) is 5.33 Å². The first-order valence-corrected chi connectivity index (χ1v) is 4.13. The van der Waals surface area contributed by atoms with Crippen molar-refractivity contribution in [3.63, 3.8) is 0 Å². The molecule has 0 aromatic carbocycles. The average molecular weight is 245 g/mol. The third-order valence-corrected chi connectivity index (χ3v) is 1.91. The molecule has 0 heterocycles. The van der Waals surface area contributed by atoms with Crippen LogP contribution < -0.4 is 5.11 Å². The molecule has 1 unspecified atom stereocenters. The molecule has 0 saturated heterocycles. The Balaban J connectivity index is 3.32. The number of halogens is 2. The van der Waals surface area contributed by atoms with E-state index < -0.39 is 10.8 Å². The molecule has 0 spiro atoms. The van der Waals surface area contributed by atoms with Crippen molar-refractivity contribution in [3.8, 4) is 0 Å². The Hall–Kier alpha value is 0.430. The van der Waals surface area contributed by atoms with Gasteiger partial charge < -0.3 is 9.90 Å². The third kappa shape index (κ3) is 3.43. The van der Waals surface area contributed by atoms with Gasteiger partial charge in [0.1, 0.15) is 0 Å². The minimum absolute atomic E-state index is 0.512. The molecule has 0 aromatic rings. The first-order chi connectivity index (χ1) is 3.68. The molecule has 4 heteroatoms. The van der Waals surface area contributed by atoms with Gasteiger partial charge >= 0.3 is 0 Å². The molecule has 0 rings (SSSR count). The number of hydrogen-bond donors (Lipinski definition) is 0. The number of carbonyl (C=O) groups is 1. The SMILES string of the molecule is O=C([O-])C(Br)CCBr. The molecular formula is C4H5Br2O2-. The molecule has 0 amide bonds. The monoisotopic (exact) mass is 243 g/mol. The second kappa shape index (κ2) is 4.32. The van der Waals surface area contributed by atoms with Crippen LogP contribution in [0.15, 0.2) is 0 Å². The molecule has 0 fully saturated rings. The zero-order valence-corrected chi connectivity index (χ0v) is 7.24. The normalized spacial score (nSPS) is 13.2. The van der Waals surface area contributed by atoms with E-state index in [0.29, 0.717) is 11.8 Å². The van der Waals surface area contributed by atoms with Crippen LogP contribution in [0, 0.1) is 0 Å². The Kier molecular flexibility index (Phi) is 4.56. The fourth-order valence-corrected chi connectivity index (χ4v) is 1.51. The maximum atomic E-state index is 9.91. The van der Waals surface area contributed by atoms with Crippen molar-refractivity contribution in [1.29, 1.82) is 0 Å². The quantitative estimate of drug-likeness (QED) is 0.670. The molecule has 0 radical (unpaired) electrons. The topological polar surface area (TPSA) is 40.1 Å². The predicted octanol–water partition coefficient (Wildman–Crippen LogP) is 0.285. The van der Waals surface area contributed by atoms with Gasteiger partial charge in [0.05, 0.1) is 10.8 Å². The maximum Gasteiger partial charge on any atom is 0.0551 e. The summed E-state index contributed by atoms with van der Waals surface area (Å²) in [7, 11) is 0. The lowest BCUT2D eigenvalue weighted by Gasteiger charge is -2.06. The predicted molar refractivity (Wildman–Crippen MR) is 36.1 cm³/mol. The lowest BCUT2D eigenvalue weighted by atomic mass is 10.3. The third-order valence-electron chi connectivity index (χ3n) is 0.618. The van der Waals surface area contributed by atoms with Gasteiger partial charge in [0, 0.05) is 5.33 Å². The van der Waals surface area contributed by atoms with Crippen LogP contribution in [0.4, 0.5) is 0 Å². The number of aliphatic carboxylic acids is 1. The van der Waals surface area contributed by atoms with Gasteiger partial charge in [-0.25, -0.2) is 0 Å². The van der Waals surface area contributed by atoms with E-state index in [-0.39, 0.29) is 0 Å². The smallest absolute Gasteiger partial charge is 0.0551 e. The van der Waals surface area contributed by atoms with Crippen LogP contribution in [0.1, 0.15) is 6.42 Å². The summed E-state index contributed by atoms with van der Waals surface area (Å²) in [4.78, 5) is 9.40. The molecule has 0 aliphatic carbocycles. The number of carbonyl (C=O) groups excluding carboxylic acids is 1. The maximum absolute atomic E-state index is 9.91. The molecule has 2 nitrogen and oxygen atoms in total. The van der Waals surface area contributed by atoms with Crippen molar-refractivity contribution in [2.24, 2.45) is 0 Å². The molecule has 0 aliphatic heterocycles. The Morgan fingerprint density at radius 2 is 2.25 bits per heavy atom. The number of alkyl halides is 2. The average Bonchev–Trinajstić information content (AvgIpc) is 1.67. The van der Waals surface area contributed by atoms with E-state index in [1.165, 1.54) is 0 Å². The van der Waals surface area contributed by atoms with Gasteiger partial charge in [-0.3, -0.25) is 0 Å². The van der Waals surface area contributed by atoms with Crippen LogP contribution in [0.5, 0.6) is 0 Å². The standard InChI is InChI=1S/C4H6Br2O2/c5-2-1-3(6)4(7)8/h3H,1-2H2,(H,7,8)/p-1. The highest BCUT2D eigenvalue weighted by molar-refractivity contribution is 9.10. The van der Waals surface area contributed by atoms with Crippen molar-refractivity contribution in [1.82, 2.24) is 0 Å². The van der Waals surface area contributed by atoms with Gasteiger partial charge in [-0.2, -0.15) is 0 Å². The van der Waals surface area contributed by atoms with E-state index in [2.05, 4.69) is 31.9 Å². The van der Waals surface area contributed by atoms with Crippen LogP contribution >= 0.6 is 31.9 Å². The molecule has 0 aliphatic rings. The summed E-state index contributed by atoms with van der Waals surface area (Å²) in [5.74, 6) is -1.05. The summed E-state index contributed by atoms with van der Waals surface area (Å²) in [6.45, 7) is 0. The first kappa shape index (κ1) is 8.43. The van der Waals surface area contributed by atoms with E-state index in [4.69, 9.17) is 0 Å². The second-order valence-electron chi connectivity index (χ2n) is 1.26. The summed E-state index contributed by atoms with van der Waals surface area (Å²) in [5.41, 5.74) is 0. The molecular weight excluding hydrogens is 240 g/mol.